The van der Waals surface area contributed by atoms with Crippen LogP contribution in [0.2, 0.25) is 25.7 Å². The average Bonchev–Trinajstić information content (AvgIpc) is 3.33. The van der Waals surface area contributed by atoms with Crippen molar-refractivity contribution >= 4 is 14.0 Å². The number of H-pyrrole nitrogens is 1. The molecular formula is C26H34F3N5O4Si. The number of ether oxygens (including phenoxy) is 3. The van der Waals surface area contributed by atoms with Crippen LogP contribution >= 0.6 is 0 Å². The molecule has 3 aromatic heterocycles. The zero-order valence-electron chi connectivity index (χ0n) is 23.1. The fraction of sp³-hybridized carbons (Fsp3) is 0.500. The molecule has 3 rings (SSSR count). The molecule has 13 heteroatoms. The molecule has 3 heterocycles. The molecule has 1 atom stereocenters. The molecule has 0 bridgehead atoms. The van der Waals surface area contributed by atoms with Crippen molar-refractivity contribution in [2.45, 2.75) is 58.7 Å². The van der Waals surface area contributed by atoms with E-state index < -0.39 is 31.7 Å². The maximum absolute atomic E-state index is 13.7. The molecule has 0 amide bonds. The molecule has 0 saturated heterocycles. The number of rotatable bonds is 11. The third kappa shape index (κ3) is 8.08. The second kappa shape index (κ2) is 11.8. The topological polar surface area (TPSA) is 112 Å². The van der Waals surface area contributed by atoms with Gasteiger partial charge in [-0.3, -0.25) is 9.78 Å². The van der Waals surface area contributed by atoms with Crippen molar-refractivity contribution in [3.05, 3.63) is 42.1 Å². The van der Waals surface area contributed by atoms with E-state index in [9.17, 15) is 18.0 Å². The number of alkyl halides is 3. The lowest BCUT2D eigenvalue weighted by Gasteiger charge is -2.22. The number of aromatic amines is 1. The van der Waals surface area contributed by atoms with E-state index in [4.69, 9.17) is 14.2 Å². The van der Waals surface area contributed by atoms with Crippen molar-refractivity contribution in [3.8, 4) is 28.7 Å². The van der Waals surface area contributed by atoms with Crippen molar-refractivity contribution < 1.29 is 32.2 Å². The lowest BCUT2D eigenvalue weighted by molar-refractivity contribution is -0.223. The van der Waals surface area contributed by atoms with Gasteiger partial charge in [0.15, 0.2) is 11.9 Å². The Labute approximate surface area is 226 Å². The molecule has 0 aliphatic carbocycles. The minimum Gasteiger partial charge on any atom is -0.476 e. The number of halogens is 3. The van der Waals surface area contributed by atoms with Crippen molar-refractivity contribution in [1.82, 2.24) is 24.9 Å². The van der Waals surface area contributed by atoms with Crippen molar-refractivity contribution in [3.63, 3.8) is 0 Å². The summed E-state index contributed by atoms with van der Waals surface area (Å²) in [6.07, 6.45) is -1.07. The fourth-order valence-electron chi connectivity index (χ4n) is 3.50. The van der Waals surface area contributed by atoms with E-state index in [1.807, 2.05) is 6.92 Å². The smallest absolute Gasteiger partial charge is 0.420 e. The van der Waals surface area contributed by atoms with Gasteiger partial charge in [-0.1, -0.05) is 19.6 Å². The van der Waals surface area contributed by atoms with Gasteiger partial charge in [-0.2, -0.15) is 13.2 Å². The van der Waals surface area contributed by atoms with E-state index in [2.05, 4.69) is 44.6 Å². The Kier molecular flexibility index (Phi) is 9.16. The van der Waals surface area contributed by atoms with Crippen molar-refractivity contribution in [2.75, 3.05) is 20.3 Å². The Morgan fingerprint density at radius 3 is 2.26 bits per heavy atom. The van der Waals surface area contributed by atoms with Crippen LogP contribution in [0.3, 0.4) is 0 Å². The lowest BCUT2D eigenvalue weighted by atomic mass is 9.95. The van der Waals surface area contributed by atoms with Gasteiger partial charge in [-0.05, 0) is 32.4 Å². The number of hydrogen-bond donors (Lipinski definition) is 1. The molecule has 0 spiro atoms. The highest BCUT2D eigenvalue weighted by Crippen LogP contribution is 2.36. The Morgan fingerprint density at radius 1 is 1.03 bits per heavy atom. The van der Waals surface area contributed by atoms with E-state index in [-0.39, 0.29) is 30.4 Å². The van der Waals surface area contributed by atoms with E-state index in [0.29, 0.717) is 23.2 Å². The first-order chi connectivity index (χ1) is 18.1. The molecule has 9 nitrogen and oxygen atoms in total. The molecule has 1 unspecified atom stereocenters. The van der Waals surface area contributed by atoms with Gasteiger partial charge in [0, 0.05) is 32.5 Å². The first kappa shape index (κ1) is 30.2. The molecule has 1 N–H and O–H groups in total. The number of nitrogens with zero attached hydrogens (tertiary/aromatic N) is 4. The average molecular weight is 566 g/mol. The van der Waals surface area contributed by atoms with Gasteiger partial charge in [-0.15, -0.1) is 0 Å². The number of esters is 1. The summed E-state index contributed by atoms with van der Waals surface area (Å²) < 4.78 is 56.7. The number of aromatic nitrogens is 5. The van der Waals surface area contributed by atoms with Gasteiger partial charge >= 0.3 is 12.1 Å². The van der Waals surface area contributed by atoms with E-state index in [1.165, 1.54) is 19.5 Å². The van der Waals surface area contributed by atoms with Gasteiger partial charge in [0.2, 0.25) is 5.88 Å². The van der Waals surface area contributed by atoms with Crippen LogP contribution in [0.1, 0.15) is 31.2 Å². The summed E-state index contributed by atoms with van der Waals surface area (Å²) in [5.41, 5.74) is 1.27. The molecule has 0 aliphatic heterocycles. The number of carbonyl (C=O) groups excluding carboxylic acids is 1. The predicted molar refractivity (Wildman–Crippen MR) is 142 cm³/mol. The quantitative estimate of drug-likeness (QED) is 0.230. The first-order valence-electron chi connectivity index (χ1n) is 12.3. The van der Waals surface area contributed by atoms with Gasteiger partial charge in [0.1, 0.15) is 12.3 Å². The van der Waals surface area contributed by atoms with Crippen molar-refractivity contribution in [1.29, 1.82) is 0 Å². The van der Waals surface area contributed by atoms with Crippen LogP contribution in [0.25, 0.3) is 22.8 Å². The summed E-state index contributed by atoms with van der Waals surface area (Å²) in [5, 5.41) is 0. The molecule has 0 saturated carbocycles. The second-order valence-electron chi connectivity index (χ2n) is 11.1. The van der Waals surface area contributed by atoms with Gasteiger partial charge in [0.05, 0.1) is 42.5 Å². The Morgan fingerprint density at radius 2 is 1.69 bits per heavy atom. The third-order valence-corrected chi connectivity index (χ3v) is 7.59. The lowest BCUT2D eigenvalue weighted by Crippen LogP contribution is -2.32. The Bertz CT molecular complexity index is 1270. The van der Waals surface area contributed by atoms with Crippen LogP contribution < -0.4 is 4.74 Å². The summed E-state index contributed by atoms with van der Waals surface area (Å²) in [6, 6.07) is 2.33. The zero-order chi connectivity index (χ0) is 29.0. The minimum absolute atomic E-state index is 0.0169. The van der Waals surface area contributed by atoms with Gasteiger partial charge in [-0.25, -0.2) is 15.0 Å². The maximum atomic E-state index is 13.7. The van der Waals surface area contributed by atoms with E-state index in [1.54, 1.807) is 26.1 Å². The van der Waals surface area contributed by atoms with Crippen LogP contribution in [-0.4, -0.2) is 65.5 Å². The van der Waals surface area contributed by atoms with Crippen LogP contribution in [0.15, 0.2) is 30.9 Å². The number of nitrogens with one attached hydrogen (secondary N) is 1. The van der Waals surface area contributed by atoms with Crippen LogP contribution in [0.5, 0.6) is 5.88 Å². The van der Waals surface area contributed by atoms with Crippen LogP contribution in [0, 0.1) is 12.3 Å². The summed E-state index contributed by atoms with van der Waals surface area (Å²) in [4.78, 5) is 31.6. The fourth-order valence-corrected chi connectivity index (χ4v) is 4.23. The van der Waals surface area contributed by atoms with E-state index >= 15 is 0 Å². The third-order valence-electron chi connectivity index (χ3n) is 5.89. The van der Waals surface area contributed by atoms with Crippen LogP contribution in [0.4, 0.5) is 13.2 Å². The predicted octanol–water partition coefficient (Wildman–Crippen LogP) is 5.77. The normalized spacial score (nSPS) is 13.3. The zero-order valence-corrected chi connectivity index (χ0v) is 24.1. The second-order valence-corrected chi connectivity index (χ2v) is 16.7. The highest BCUT2D eigenvalue weighted by molar-refractivity contribution is 6.76. The molecule has 0 aliphatic rings. The molecule has 0 fully saturated rings. The van der Waals surface area contributed by atoms with Crippen molar-refractivity contribution in [2.24, 2.45) is 5.41 Å². The number of methoxy groups -OCH3 is 1. The summed E-state index contributed by atoms with van der Waals surface area (Å²) >= 11 is 0. The van der Waals surface area contributed by atoms with Gasteiger partial charge < -0.3 is 19.2 Å². The maximum Gasteiger partial charge on any atom is 0.420 e. The number of imidazole rings is 1. The molecule has 0 radical (unpaired) electrons. The number of pyridine rings is 1. The minimum atomic E-state index is -4.59. The number of carbonyl (C=O) groups is 1. The van der Waals surface area contributed by atoms with Crippen LogP contribution in [-0.2, 0) is 14.3 Å². The Hall–Kier alpha value is -3.32. The molecule has 3 aromatic rings. The molecular weight excluding hydrogens is 531 g/mol. The molecule has 39 heavy (non-hydrogen) atoms. The SMILES string of the molecule is COC(=O)C(C)(C)COc1cc(C)c(-c2cnc(-c3ncc(C(OCC[Si](C)(C)C)C(F)(F)F)[nH]3)cn2)cn1. The largest absolute Gasteiger partial charge is 0.476 e. The number of aryl methyl sites for hydroxylation is 1. The molecule has 0 aromatic carbocycles. The highest BCUT2D eigenvalue weighted by Gasteiger charge is 2.43. The highest BCUT2D eigenvalue weighted by atomic mass is 28.3. The summed E-state index contributed by atoms with van der Waals surface area (Å²) in [5.74, 6) is 0.101. The monoisotopic (exact) mass is 565 g/mol. The summed E-state index contributed by atoms with van der Waals surface area (Å²) in [7, 11) is -0.233. The molecule has 212 valence electrons. The van der Waals surface area contributed by atoms with E-state index in [0.717, 1.165) is 11.8 Å². The summed E-state index contributed by atoms with van der Waals surface area (Å²) in [6.45, 7) is 11.6. The van der Waals surface area contributed by atoms with Gasteiger partial charge in [0.25, 0.3) is 0 Å². The standard InChI is InChI=1S/C26H34F3N5O4Si/c1-16-10-21(38-15-25(2,3)24(35)36-4)32-11-17(16)18-12-31-20(14-30-18)23-33-13-19(34-23)22(26(27,28)29)37-8-9-39(5,6)7/h10-14,22H,8-9,15H2,1-7H3,(H,33,34). The Balaban J connectivity index is 1.72. The number of hydrogen-bond acceptors (Lipinski definition) is 8. The first-order valence-corrected chi connectivity index (χ1v) is 16.1.